The average Bonchev–Trinajstić information content (AvgIpc) is 2.69. The van der Waals surface area contributed by atoms with E-state index in [0.717, 1.165) is 12.8 Å². The number of aromatic nitrogens is 2. The highest BCUT2D eigenvalue weighted by Gasteiger charge is 2.09. The van der Waals surface area contributed by atoms with Gasteiger partial charge in [-0.25, -0.2) is 14.4 Å². The molecule has 1 aromatic heterocycles. The van der Waals surface area contributed by atoms with Gasteiger partial charge in [-0.1, -0.05) is 41.9 Å². The second-order valence-corrected chi connectivity index (χ2v) is 6.27. The lowest BCUT2D eigenvalue weighted by molar-refractivity contribution is 0.0948. The average molecular weight is 385 g/mol. The van der Waals surface area contributed by atoms with Gasteiger partial charge in [0.25, 0.3) is 5.91 Å². The number of anilines is 2. The molecular weight excluding hydrogens is 367 g/mol. The van der Waals surface area contributed by atoms with Gasteiger partial charge in [0, 0.05) is 18.4 Å². The molecule has 0 unspecified atom stereocenters. The summed E-state index contributed by atoms with van der Waals surface area (Å²) in [5.41, 5.74) is 2.01. The summed E-state index contributed by atoms with van der Waals surface area (Å²) < 4.78 is 13.2. The highest BCUT2D eigenvalue weighted by atomic mass is 35.5. The maximum atomic E-state index is 13.2. The number of halogens is 2. The molecule has 0 aliphatic rings. The second-order valence-electron chi connectivity index (χ2n) is 5.86. The van der Waals surface area contributed by atoms with E-state index < -0.39 is 5.82 Å². The Hall–Kier alpha value is -2.99. The fraction of sp³-hybridized carbons (Fsp3) is 0.150. The van der Waals surface area contributed by atoms with E-state index in [1.165, 1.54) is 36.0 Å². The van der Waals surface area contributed by atoms with Crippen LogP contribution in [0.2, 0.25) is 5.02 Å². The summed E-state index contributed by atoms with van der Waals surface area (Å²) in [4.78, 5) is 20.5. The van der Waals surface area contributed by atoms with Crippen molar-refractivity contribution in [2.24, 2.45) is 0 Å². The lowest BCUT2D eigenvalue weighted by Gasteiger charge is -2.08. The molecule has 138 valence electrons. The summed E-state index contributed by atoms with van der Waals surface area (Å²) in [5, 5.41) is 5.74. The maximum absolute atomic E-state index is 13.2. The first-order chi connectivity index (χ1) is 13.1. The van der Waals surface area contributed by atoms with E-state index >= 15 is 0 Å². The van der Waals surface area contributed by atoms with Crippen molar-refractivity contribution in [2.75, 3.05) is 11.9 Å². The van der Waals surface area contributed by atoms with Crippen LogP contribution in [0.5, 0.6) is 0 Å². The van der Waals surface area contributed by atoms with Gasteiger partial charge in [-0.3, -0.25) is 4.79 Å². The van der Waals surface area contributed by atoms with Crippen LogP contribution in [0, 0.1) is 5.82 Å². The van der Waals surface area contributed by atoms with Crippen LogP contribution in [-0.4, -0.2) is 22.4 Å². The molecule has 7 heteroatoms. The van der Waals surface area contributed by atoms with Crippen molar-refractivity contribution in [2.45, 2.75) is 12.8 Å². The van der Waals surface area contributed by atoms with Crippen molar-refractivity contribution < 1.29 is 9.18 Å². The predicted octanol–water partition coefficient (Wildman–Crippen LogP) is 4.38. The van der Waals surface area contributed by atoms with Crippen molar-refractivity contribution in [1.29, 1.82) is 0 Å². The highest BCUT2D eigenvalue weighted by molar-refractivity contribution is 6.31. The molecule has 0 fully saturated rings. The van der Waals surface area contributed by atoms with Crippen molar-refractivity contribution in [3.05, 3.63) is 82.9 Å². The van der Waals surface area contributed by atoms with Gasteiger partial charge >= 0.3 is 0 Å². The normalized spacial score (nSPS) is 10.4. The predicted molar refractivity (Wildman–Crippen MR) is 104 cm³/mol. The van der Waals surface area contributed by atoms with Crippen molar-refractivity contribution in [3.8, 4) is 0 Å². The van der Waals surface area contributed by atoms with Gasteiger partial charge in [-0.2, -0.15) is 0 Å². The SMILES string of the molecule is O=C(NCCCc1ccccc1)c1ccnc(Nc2ccc(F)c(Cl)c2)n1. The molecule has 2 N–H and O–H groups in total. The van der Waals surface area contributed by atoms with Crippen molar-refractivity contribution in [1.82, 2.24) is 15.3 Å². The Bertz CT molecular complexity index is 921. The maximum Gasteiger partial charge on any atom is 0.270 e. The molecule has 0 bridgehead atoms. The number of nitrogens with one attached hydrogen (secondary N) is 2. The van der Waals surface area contributed by atoms with Crippen LogP contribution >= 0.6 is 11.6 Å². The van der Waals surface area contributed by atoms with Crippen LogP contribution in [-0.2, 0) is 6.42 Å². The molecule has 5 nitrogen and oxygen atoms in total. The number of amides is 1. The first kappa shape index (κ1) is 18.8. The van der Waals surface area contributed by atoms with Gasteiger partial charge in [0.15, 0.2) is 0 Å². The minimum atomic E-state index is -0.508. The number of benzene rings is 2. The fourth-order valence-electron chi connectivity index (χ4n) is 2.48. The zero-order valence-corrected chi connectivity index (χ0v) is 15.2. The number of aryl methyl sites for hydroxylation is 1. The zero-order chi connectivity index (χ0) is 19.1. The molecule has 3 rings (SSSR count). The molecule has 0 spiro atoms. The summed E-state index contributed by atoms with van der Waals surface area (Å²) in [6, 6.07) is 15.8. The summed E-state index contributed by atoms with van der Waals surface area (Å²) in [6.45, 7) is 0.550. The first-order valence-electron chi connectivity index (χ1n) is 8.49. The molecule has 0 aliphatic carbocycles. The topological polar surface area (TPSA) is 66.9 Å². The smallest absolute Gasteiger partial charge is 0.270 e. The first-order valence-corrected chi connectivity index (χ1v) is 8.87. The molecule has 27 heavy (non-hydrogen) atoms. The molecule has 1 heterocycles. The monoisotopic (exact) mass is 384 g/mol. The van der Waals surface area contributed by atoms with Crippen LogP contribution in [0.1, 0.15) is 22.5 Å². The lowest BCUT2D eigenvalue weighted by atomic mass is 10.1. The summed E-state index contributed by atoms with van der Waals surface area (Å²) in [6.07, 6.45) is 3.21. The lowest BCUT2D eigenvalue weighted by Crippen LogP contribution is -2.26. The van der Waals surface area contributed by atoms with Crippen LogP contribution in [0.3, 0.4) is 0 Å². The van der Waals surface area contributed by atoms with Crippen LogP contribution in [0.4, 0.5) is 16.0 Å². The van der Waals surface area contributed by atoms with Gasteiger partial charge < -0.3 is 10.6 Å². The number of carbonyl (C=O) groups excluding carboxylic acids is 1. The Balaban J connectivity index is 1.54. The Morgan fingerprint density at radius 3 is 2.70 bits per heavy atom. The molecule has 1 amide bonds. The Labute approximate surface area is 161 Å². The third-order valence-corrected chi connectivity index (χ3v) is 4.12. The van der Waals surface area contributed by atoms with E-state index in [4.69, 9.17) is 11.6 Å². The van der Waals surface area contributed by atoms with Crippen LogP contribution in [0.25, 0.3) is 0 Å². The number of nitrogens with zero attached hydrogens (tertiary/aromatic N) is 2. The zero-order valence-electron chi connectivity index (χ0n) is 14.5. The molecule has 0 atom stereocenters. The third kappa shape index (κ3) is 5.49. The highest BCUT2D eigenvalue weighted by Crippen LogP contribution is 2.21. The number of rotatable bonds is 7. The molecule has 0 aliphatic heterocycles. The molecule has 0 radical (unpaired) electrons. The number of carbonyl (C=O) groups is 1. The summed E-state index contributed by atoms with van der Waals surface area (Å²) in [5.74, 6) is -0.549. The Morgan fingerprint density at radius 2 is 1.93 bits per heavy atom. The second kappa shape index (κ2) is 9.09. The molecule has 0 saturated carbocycles. The van der Waals surface area contributed by atoms with E-state index in [0.29, 0.717) is 12.2 Å². The summed E-state index contributed by atoms with van der Waals surface area (Å²) >= 11 is 5.76. The van der Waals surface area contributed by atoms with E-state index in [9.17, 15) is 9.18 Å². The number of hydrogen-bond donors (Lipinski definition) is 2. The van der Waals surface area contributed by atoms with Crippen molar-refractivity contribution >= 4 is 29.1 Å². The third-order valence-electron chi connectivity index (χ3n) is 3.83. The van der Waals surface area contributed by atoms with E-state index in [2.05, 4.69) is 32.7 Å². The minimum Gasteiger partial charge on any atom is -0.351 e. The van der Waals surface area contributed by atoms with E-state index in [1.54, 1.807) is 0 Å². The van der Waals surface area contributed by atoms with Gasteiger partial charge in [-0.15, -0.1) is 0 Å². The minimum absolute atomic E-state index is 0.00712. The molecule has 2 aromatic carbocycles. The number of hydrogen-bond acceptors (Lipinski definition) is 4. The van der Waals surface area contributed by atoms with Crippen molar-refractivity contribution in [3.63, 3.8) is 0 Å². The van der Waals surface area contributed by atoms with E-state index in [-0.39, 0.29) is 22.6 Å². The molecular formula is C20H18ClFN4O. The Kier molecular flexibility index (Phi) is 6.33. The van der Waals surface area contributed by atoms with Gasteiger partial charge in [0.1, 0.15) is 11.5 Å². The Morgan fingerprint density at radius 1 is 1.11 bits per heavy atom. The standard InChI is InChI=1S/C20H18ClFN4O/c21-16-13-15(8-9-17(16)22)25-20-24-12-10-18(26-20)19(27)23-11-4-7-14-5-2-1-3-6-14/h1-3,5-6,8-10,12-13H,4,7,11H2,(H,23,27)(H,24,25,26). The summed E-state index contributed by atoms with van der Waals surface area (Å²) in [7, 11) is 0. The molecule has 0 saturated heterocycles. The van der Waals surface area contributed by atoms with Gasteiger partial charge in [0.2, 0.25) is 5.95 Å². The fourth-order valence-corrected chi connectivity index (χ4v) is 2.66. The van der Waals surface area contributed by atoms with E-state index in [1.807, 2.05) is 18.2 Å². The van der Waals surface area contributed by atoms with Crippen LogP contribution < -0.4 is 10.6 Å². The van der Waals surface area contributed by atoms with Gasteiger partial charge in [0.05, 0.1) is 5.02 Å². The van der Waals surface area contributed by atoms with Crippen LogP contribution in [0.15, 0.2) is 60.8 Å². The largest absolute Gasteiger partial charge is 0.351 e. The van der Waals surface area contributed by atoms with Gasteiger partial charge in [-0.05, 0) is 42.7 Å². The molecule has 3 aromatic rings. The quantitative estimate of drug-likeness (QED) is 0.593.